The molecule has 1 saturated heterocycles. The minimum atomic E-state index is -0.736. The molecule has 2 fully saturated rings. The van der Waals surface area contributed by atoms with Crippen molar-refractivity contribution >= 4 is 6.09 Å². The number of carbonyl (C=O) groups is 1. The molecule has 1 aromatic rings. The highest BCUT2D eigenvalue weighted by atomic mass is 19.1. The van der Waals surface area contributed by atoms with Gasteiger partial charge < -0.3 is 14.7 Å². The lowest BCUT2D eigenvalue weighted by Gasteiger charge is -2.52. The Morgan fingerprint density at radius 2 is 2.09 bits per heavy atom. The van der Waals surface area contributed by atoms with E-state index in [2.05, 4.69) is 0 Å². The number of aliphatic hydroxyl groups is 1. The molecule has 0 bridgehead atoms. The quantitative estimate of drug-likeness (QED) is 0.904. The summed E-state index contributed by atoms with van der Waals surface area (Å²) in [6.45, 7) is 2.57. The molecule has 1 aliphatic heterocycles. The predicted molar refractivity (Wildman–Crippen MR) is 84.4 cm³/mol. The first-order chi connectivity index (χ1) is 11.0. The van der Waals surface area contributed by atoms with Crippen LogP contribution in [0.4, 0.5) is 9.18 Å². The van der Waals surface area contributed by atoms with Crippen LogP contribution in [0.15, 0.2) is 24.3 Å². The Morgan fingerprint density at radius 1 is 1.35 bits per heavy atom. The number of likely N-dealkylation sites (tertiary alicyclic amines) is 1. The molecule has 1 amide bonds. The molecule has 1 saturated carbocycles. The lowest BCUT2D eigenvalue weighted by molar-refractivity contribution is -0.118. The van der Waals surface area contributed by atoms with Gasteiger partial charge >= 0.3 is 6.09 Å². The molecular formula is C18H24FNO3. The van der Waals surface area contributed by atoms with Gasteiger partial charge in [0.05, 0.1) is 18.2 Å². The molecule has 0 radical (unpaired) electrons. The fraction of sp³-hybridized carbons (Fsp3) is 0.611. The molecule has 1 N–H and O–H groups in total. The van der Waals surface area contributed by atoms with Crippen LogP contribution in [0.5, 0.6) is 0 Å². The Balaban J connectivity index is 1.97. The van der Waals surface area contributed by atoms with Crippen LogP contribution >= 0.6 is 0 Å². The fourth-order valence-corrected chi connectivity index (χ4v) is 4.17. The summed E-state index contributed by atoms with van der Waals surface area (Å²) in [4.78, 5) is 14.1. The Labute approximate surface area is 136 Å². The predicted octanol–water partition coefficient (Wildman–Crippen LogP) is 3.65. The van der Waals surface area contributed by atoms with Crippen molar-refractivity contribution in [3.05, 3.63) is 35.6 Å². The molecule has 23 heavy (non-hydrogen) atoms. The third-order valence-electron chi connectivity index (χ3n) is 5.28. The first kappa shape index (κ1) is 16.2. The summed E-state index contributed by atoms with van der Waals surface area (Å²) in [6, 6.07) is 6.00. The summed E-state index contributed by atoms with van der Waals surface area (Å²) >= 11 is 0. The number of rotatable bonds is 2. The van der Waals surface area contributed by atoms with Crippen molar-refractivity contribution in [2.45, 2.75) is 50.7 Å². The number of fused-ring (bicyclic) bond motifs is 1. The number of amides is 1. The maximum Gasteiger partial charge on any atom is 0.410 e. The van der Waals surface area contributed by atoms with Crippen LogP contribution in [0.1, 0.15) is 50.6 Å². The summed E-state index contributed by atoms with van der Waals surface area (Å²) < 4.78 is 18.5. The molecule has 0 aromatic heterocycles. The second kappa shape index (κ2) is 6.48. The third kappa shape index (κ3) is 3.07. The van der Waals surface area contributed by atoms with Gasteiger partial charge in [0, 0.05) is 12.5 Å². The zero-order valence-electron chi connectivity index (χ0n) is 13.5. The Morgan fingerprint density at radius 3 is 2.78 bits per heavy atom. The van der Waals surface area contributed by atoms with Gasteiger partial charge in [0.15, 0.2) is 0 Å². The lowest BCUT2D eigenvalue weighted by Crippen LogP contribution is -2.56. The van der Waals surface area contributed by atoms with E-state index in [0.717, 1.165) is 31.2 Å². The van der Waals surface area contributed by atoms with Crippen LogP contribution in [0.3, 0.4) is 0 Å². The highest BCUT2D eigenvalue weighted by molar-refractivity contribution is 5.68. The maximum absolute atomic E-state index is 13.3. The molecule has 0 spiro atoms. The number of hydrogen-bond donors (Lipinski definition) is 1. The molecule has 126 valence electrons. The van der Waals surface area contributed by atoms with Gasteiger partial charge in [0.25, 0.3) is 0 Å². The molecule has 0 unspecified atom stereocenters. The SMILES string of the molecule is CCOC(=O)N1CC[C@@]2(O)CCCC[C@@H]2[C@@H]1c1ccc(F)cc1. The number of benzene rings is 1. The first-order valence-electron chi connectivity index (χ1n) is 8.46. The van der Waals surface area contributed by atoms with Gasteiger partial charge in [-0.1, -0.05) is 25.0 Å². The minimum Gasteiger partial charge on any atom is -0.450 e. The van der Waals surface area contributed by atoms with Crippen LogP contribution in [0, 0.1) is 11.7 Å². The lowest BCUT2D eigenvalue weighted by atomic mass is 9.66. The summed E-state index contributed by atoms with van der Waals surface area (Å²) in [6.07, 6.45) is 3.92. The first-order valence-corrected chi connectivity index (χ1v) is 8.46. The Kier molecular flexibility index (Phi) is 4.57. The van der Waals surface area contributed by atoms with Crippen LogP contribution in [0.2, 0.25) is 0 Å². The van der Waals surface area contributed by atoms with E-state index in [-0.39, 0.29) is 23.9 Å². The smallest absolute Gasteiger partial charge is 0.410 e. The van der Waals surface area contributed by atoms with Crippen molar-refractivity contribution < 1.29 is 19.0 Å². The molecule has 2 aliphatic rings. The number of piperidine rings is 1. The molecule has 3 atom stereocenters. The number of hydrogen-bond acceptors (Lipinski definition) is 3. The van der Waals surface area contributed by atoms with Gasteiger partial charge in [-0.3, -0.25) is 0 Å². The van der Waals surface area contributed by atoms with E-state index in [1.165, 1.54) is 12.1 Å². The summed E-state index contributed by atoms with van der Waals surface area (Å²) in [7, 11) is 0. The van der Waals surface area contributed by atoms with Crippen LogP contribution in [0.25, 0.3) is 0 Å². The zero-order chi connectivity index (χ0) is 16.4. The minimum absolute atomic E-state index is 0.0279. The molecule has 5 heteroatoms. The van der Waals surface area contributed by atoms with E-state index in [9.17, 15) is 14.3 Å². The Bertz CT molecular complexity index is 562. The average molecular weight is 321 g/mol. The van der Waals surface area contributed by atoms with Crippen LogP contribution < -0.4 is 0 Å². The summed E-state index contributed by atoms with van der Waals surface area (Å²) in [5, 5.41) is 11.1. The topological polar surface area (TPSA) is 49.8 Å². The van der Waals surface area contributed by atoms with E-state index < -0.39 is 5.60 Å². The van der Waals surface area contributed by atoms with Gasteiger partial charge in [-0.05, 0) is 43.9 Å². The van der Waals surface area contributed by atoms with Crippen molar-refractivity contribution in [2.24, 2.45) is 5.92 Å². The van der Waals surface area contributed by atoms with Crippen LogP contribution in [-0.2, 0) is 4.74 Å². The highest BCUT2D eigenvalue weighted by Gasteiger charge is 2.50. The van der Waals surface area contributed by atoms with Crippen molar-refractivity contribution in [2.75, 3.05) is 13.2 Å². The highest BCUT2D eigenvalue weighted by Crippen LogP contribution is 2.49. The number of carbonyl (C=O) groups excluding carboxylic acids is 1. The number of halogens is 1. The van der Waals surface area contributed by atoms with Gasteiger partial charge in [0.1, 0.15) is 5.82 Å². The van der Waals surface area contributed by atoms with Crippen molar-refractivity contribution in [1.82, 2.24) is 4.90 Å². The Hall–Kier alpha value is -1.62. The summed E-state index contributed by atoms with van der Waals surface area (Å²) in [5.41, 5.74) is 0.129. The maximum atomic E-state index is 13.3. The second-order valence-electron chi connectivity index (χ2n) is 6.59. The molecule has 1 heterocycles. The fourth-order valence-electron chi connectivity index (χ4n) is 4.17. The van der Waals surface area contributed by atoms with Gasteiger partial charge in [0.2, 0.25) is 0 Å². The van der Waals surface area contributed by atoms with Gasteiger partial charge in [-0.2, -0.15) is 0 Å². The van der Waals surface area contributed by atoms with E-state index in [1.807, 2.05) is 0 Å². The molecule has 1 aromatic carbocycles. The zero-order valence-corrected chi connectivity index (χ0v) is 13.5. The second-order valence-corrected chi connectivity index (χ2v) is 6.59. The number of nitrogens with zero attached hydrogens (tertiary/aromatic N) is 1. The van der Waals surface area contributed by atoms with E-state index in [1.54, 1.807) is 24.0 Å². The largest absolute Gasteiger partial charge is 0.450 e. The van der Waals surface area contributed by atoms with Gasteiger partial charge in [-0.25, -0.2) is 9.18 Å². The summed E-state index contributed by atoms with van der Waals surface area (Å²) in [5.74, 6) is -0.328. The normalized spacial score (nSPS) is 30.7. The van der Waals surface area contributed by atoms with Crippen molar-refractivity contribution in [1.29, 1.82) is 0 Å². The van der Waals surface area contributed by atoms with Gasteiger partial charge in [-0.15, -0.1) is 0 Å². The third-order valence-corrected chi connectivity index (χ3v) is 5.28. The molecular weight excluding hydrogens is 297 g/mol. The molecule has 4 nitrogen and oxygen atoms in total. The molecule has 3 rings (SSSR count). The number of ether oxygens (including phenoxy) is 1. The molecule has 1 aliphatic carbocycles. The van der Waals surface area contributed by atoms with Crippen molar-refractivity contribution in [3.8, 4) is 0 Å². The standard InChI is InChI=1S/C18H24FNO3/c1-2-23-17(21)20-12-11-18(22)10-4-3-5-15(18)16(20)13-6-8-14(19)9-7-13/h6-9,15-16,22H,2-5,10-12H2,1H3/t15-,16+,18+/m1/s1. The van der Waals surface area contributed by atoms with Crippen molar-refractivity contribution in [3.63, 3.8) is 0 Å². The van der Waals surface area contributed by atoms with E-state index >= 15 is 0 Å². The van der Waals surface area contributed by atoms with E-state index in [4.69, 9.17) is 4.74 Å². The van der Waals surface area contributed by atoms with Crippen LogP contribution in [-0.4, -0.2) is 34.9 Å². The monoisotopic (exact) mass is 321 g/mol. The van der Waals surface area contributed by atoms with E-state index in [0.29, 0.717) is 19.6 Å². The average Bonchev–Trinajstić information content (AvgIpc) is 2.54.